The maximum absolute atomic E-state index is 12.2. The van der Waals surface area contributed by atoms with E-state index in [9.17, 15) is 14.4 Å². The van der Waals surface area contributed by atoms with E-state index in [0.29, 0.717) is 11.3 Å². The molecule has 1 rings (SSSR count). The summed E-state index contributed by atoms with van der Waals surface area (Å²) in [6, 6.07) is 4.37. The van der Waals surface area contributed by atoms with Crippen molar-refractivity contribution >= 4 is 55.4 Å². The average molecular weight is 491 g/mol. The molecule has 0 heterocycles. The van der Waals surface area contributed by atoms with Crippen LogP contribution in [0.2, 0.25) is 0 Å². The molecule has 1 amide bonds. The van der Waals surface area contributed by atoms with Crippen molar-refractivity contribution in [2.75, 3.05) is 5.32 Å². The molecule has 0 fully saturated rings. The monoisotopic (exact) mass is 489 g/mol. The summed E-state index contributed by atoms with van der Waals surface area (Å²) in [4.78, 5) is 36.1. The average Bonchev–Trinajstić information content (AvgIpc) is 2.47. The Balaban J connectivity index is 3.23. The van der Waals surface area contributed by atoms with Gasteiger partial charge in [-0.25, -0.2) is 0 Å². The molecule has 0 aliphatic carbocycles. The number of alkyl halides is 2. The Labute approximate surface area is 169 Å². The highest BCUT2D eigenvalue weighted by Gasteiger charge is 2.30. The molecule has 0 spiro atoms. The molecule has 0 saturated heterocycles. The fourth-order valence-corrected chi connectivity index (χ4v) is 1.59. The highest BCUT2D eigenvalue weighted by molar-refractivity contribution is 9.10. The summed E-state index contributed by atoms with van der Waals surface area (Å²) >= 11 is 6.43. The van der Waals surface area contributed by atoms with Gasteiger partial charge in [0.25, 0.3) is 5.91 Å². The molecule has 0 aliphatic heterocycles. The lowest BCUT2D eigenvalue weighted by Gasteiger charge is -2.19. The molecule has 0 aliphatic rings. The number of rotatable bonds is 6. The molecule has 1 aromatic carbocycles. The van der Waals surface area contributed by atoms with Crippen LogP contribution < -0.4 is 14.8 Å². The smallest absolute Gasteiger partial charge is 0.327 e. The number of ether oxygens (including phenoxy) is 2. The van der Waals surface area contributed by atoms with Gasteiger partial charge in [0.15, 0.2) is 11.5 Å². The van der Waals surface area contributed by atoms with Gasteiger partial charge >= 0.3 is 11.9 Å². The summed E-state index contributed by atoms with van der Waals surface area (Å²) < 4.78 is 8.81. The zero-order chi connectivity index (χ0) is 20.3. The van der Waals surface area contributed by atoms with Gasteiger partial charge in [0.05, 0.1) is 0 Å². The van der Waals surface area contributed by atoms with E-state index in [0.717, 1.165) is 0 Å². The van der Waals surface area contributed by atoms with Gasteiger partial charge in [0.2, 0.25) is 0 Å². The van der Waals surface area contributed by atoms with Gasteiger partial charge < -0.3 is 14.8 Å². The number of benzene rings is 1. The Hall–Kier alpha value is -1.67. The van der Waals surface area contributed by atoms with Gasteiger partial charge in [0.1, 0.15) is 8.65 Å². The van der Waals surface area contributed by atoms with Crippen LogP contribution in [0, 0.1) is 0 Å². The lowest BCUT2D eigenvalue weighted by Crippen LogP contribution is -2.31. The Morgan fingerprint density at radius 2 is 1.42 bits per heavy atom. The standard InChI is InChI=1S/C18H21Br2NO5/c1-10(2)14(22)21-11-7-8-12(25-15(23)17(3,4)19)13(9-11)26-16(24)18(5,6)20/h7-9H,1H2,2-6H3,(H,21,22). The molecule has 0 unspecified atom stereocenters. The molecule has 0 radical (unpaired) electrons. The van der Waals surface area contributed by atoms with Crippen molar-refractivity contribution < 1.29 is 23.9 Å². The van der Waals surface area contributed by atoms with E-state index in [1.54, 1.807) is 34.6 Å². The predicted molar refractivity (Wildman–Crippen MR) is 107 cm³/mol. The summed E-state index contributed by atoms with van der Waals surface area (Å²) in [5.74, 6) is -1.47. The second kappa shape index (κ2) is 8.35. The van der Waals surface area contributed by atoms with Gasteiger partial charge in [-0.3, -0.25) is 14.4 Å². The molecule has 142 valence electrons. The van der Waals surface area contributed by atoms with E-state index >= 15 is 0 Å². The Morgan fingerprint density at radius 3 is 1.85 bits per heavy atom. The number of hydrogen-bond acceptors (Lipinski definition) is 5. The molecular weight excluding hydrogens is 470 g/mol. The number of halogens is 2. The Kier molecular flexibility index (Phi) is 7.18. The van der Waals surface area contributed by atoms with Crippen LogP contribution in [-0.4, -0.2) is 26.5 Å². The Bertz CT molecular complexity index is 745. The van der Waals surface area contributed by atoms with Crippen molar-refractivity contribution in [3.63, 3.8) is 0 Å². The van der Waals surface area contributed by atoms with Crippen LogP contribution in [0.1, 0.15) is 34.6 Å². The van der Waals surface area contributed by atoms with Crippen LogP contribution in [-0.2, 0) is 14.4 Å². The third-order valence-electron chi connectivity index (χ3n) is 2.97. The van der Waals surface area contributed by atoms with Crippen LogP contribution in [0.5, 0.6) is 11.5 Å². The highest BCUT2D eigenvalue weighted by atomic mass is 79.9. The first kappa shape index (κ1) is 22.4. The number of carbonyl (C=O) groups is 3. The van der Waals surface area contributed by atoms with E-state index in [4.69, 9.17) is 9.47 Å². The number of anilines is 1. The largest absolute Gasteiger partial charge is 0.421 e. The topological polar surface area (TPSA) is 81.7 Å². The Morgan fingerprint density at radius 1 is 0.962 bits per heavy atom. The van der Waals surface area contributed by atoms with Crippen molar-refractivity contribution in [3.05, 3.63) is 30.4 Å². The summed E-state index contributed by atoms with van der Waals surface area (Å²) in [5, 5.41) is 2.61. The molecule has 1 N–H and O–H groups in total. The van der Waals surface area contributed by atoms with Gasteiger partial charge in [-0.05, 0) is 46.8 Å². The second-order valence-corrected chi connectivity index (χ2v) is 10.6. The molecule has 0 bridgehead atoms. The van der Waals surface area contributed by atoms with Crippen LogP contribution in [0.3, 0.4) is 0 Å². The van der Waals surface area contributed by atoms with Crippen LogP contribution in [0.25, 0.3) is 0 Å². The fourth-order valence-electron chi connectivity index (χ4n) is 1.43. The predicted octanol–water partition coefficient (Wildman–Crippen LogP) is 4.36. The van der Waals surface area contributed by atoms with Crippen molar-refractivity contribution in [1.29, 1.82) is 0 Å². The lowest BCUT2D eigenvalue weighted by molar-refractivity contribution is -0.138. The normalized spacial score (nSPS) is 11.5. The van der Waals surface area contributed by atoms with Gasteiger partial charge in [-0.2, -0.15) is 0 Å². The number of carbonyl (C=O) groups excluding carboxylic acids is 3. The third-order valence-corrected chi connectivity index (χ3v) is 3.61. The maximum Gasteiger partial charge on any atom is 0.327 e. The van der Waals surface area contributed by atoms with E-state index in [1.165, 1.54) is 18.2 Å². The molecule has 6 nitrogen and oxygen atoms in total. The minimum atomic E-state index is -0.945. The van der Waals surface area contributed by atoms with Crippen molar-refractivity contribution in [3.8, 4) is 11.5 Å². The van der Waals surface area contributed by atoms with E-state index < -0.39 is 20.6 Å². The number of amides is 1. The minimum absolute atomic E-state index is 0.00661. The first-order valence-electron chi connectivity index (χ1n) is 7.65. The number of hydrogen-bond donors (Lipinski definition) is 1. The lowest BCUT2D eigenvalue weighted by atomic mass is 10.2. The zero-order valence-corrected chi connectivity index (χ0v) is 18.4. The van der Waals surface area contributed by atoms with Crippen molar-refractivity contribution in [2.45, 2.75) is 43.3 Å². The van der Waals surface area contributed by atoms with Crippen molar-refractivity contribution in [2.24, 2.45) is 0 Å². The molecule has 8 heteroatoms. The SMILES string of the molecule is C=C(C)C(=O)Nc1ccc(OC(=O)C(C)(C)Br)c(OC(=O)C(C)(C)Br)c1. The highest BCUT2D eigenvalue weighted by Crippen LogP contribution is 2.34. The summed E-state index contributed by atoms with van der Waals surface area (Å²) in [5.41, 5.74) is 0.688. The first-order valence-corrected chi connectivity index (χ1v) is 9.23. The third kappa shape index (κ3) is 6.57. The van der Waals surface area contributed by atoms with Gasteiger partial charge in [-0.1, -0.05) is 38.4 Å². The molecule has 0 aromatic heterocycles. The van der Waals surface area contributed by atoms with Crippen LogP contribution in [0.4, 0.5) is 5.69 Å². The zero-order valence-electron chi connectivity index (χ0n) is 15.2. The molecule has 0 saturated carbocycles. The molecule has 0 atom stereocenters. The second-order valence-electron chi connectivity index (χ2n) is 6.62. The minimum Gasteiger partial charge on any atom is -0.421 e. The molecule has 26 heavy (non-hydrogen) atoms. The maximum atomic E-state index is 12.2. The summed E-state index contributed by atoms with van der Waals surface area (Å²) in [7, 11) is 0. The van der Waals surface area contributed by atoms with E-state index in [-0.39, 0.29) is 17.4 Å². The summed E-state index contributed by atoms with van der Waals surface area (Å²) in [6.45, 7) is 11.6. The van der Waals surface area contributed by atoms with Crippen LogP contribution >= 0.6 is 31.9 Å². The van der Waals surface area contributed by atoms with E-state index in [1.807, 2.05) is 0 Å². The molecular formula is C18H21Br2NO5. The van der Waals surface area contributed by atoms with Gasteiger partial charge in [-0.15, -0.1) is 0 Å². The van der Waals surface area contributed by atoms with Crippen LogP contribution in [0.15, 0.2) is 30.4 Å². The molecule has 1 aromatic rings. The summed E-state index contributed by atoms with van der Waals surface area (Å²) in [6.07, 6.45) is 0. The number of esters is 2. The fraction of sp³-hybridized carbons (Fsp3) is 0.389. The van der Waals surface area contributed by atoms with E-state index in [2.05, 4.69) is 43.8 Å². The first-order chi connectivity index (χ1) is 11.7. The number of nitrogens with one attached hydrogen (secondary N) is 1. The van der Waals surface area contributed by atoms with Crippen molar-refractivity contribution in [1.82, 2.24) is 0 Å². The van der Waals surface area contributed by atoms with Gasteiger partial charge in [0, 0.05) is 17.3 Å². The quantitative estimate of drug-likeness (QED) is 0.277.